The predicted molar refractivity (Wildman–Crippen MR) is 76.1 cm³/mol. The first-order valence-electron chi connectivity index (χ1n) is 5.76. The number of benzene rings is 1. The number of amides is 1. The van der Waals surface area contributed by atoms with Crippen LogP contribution in [0.4, 0.5) is 5.69 Å². The molecule has 2 aromatic heterocycles. The van der Waals surface area contributed by atoms with Gasteiger partial charge in [0.15, 0.2) is 0 Å². The molecule has 0 radical (unpaired) electrons. The third kappa shape index (κ3) is 2.28. The standard InChI is InChI=1S/C13H9ClN4O2/c14-9-3-4-15-6-8(9)12(19)16-7-1-2-10-11(5-7)18-13(20)17-10/h1-6H,(H,16,19)(H2,17,18,20). The molecule has 6 nitrogen and oxygen atoms in total. The quantitative estimate of drug-likeness (QED) is 0.675. The summed E-state index contributed by atoms with van der Waals surface area (Å²) < 4.78 is 0. The largest absolute Gasteiger partial charge is 0.323 e. The Hall–Kier alpha value is -2.60. The number of halogens is 1. The molecule has 0 fully saturated rings. The van der Waals surface area contributed by atoms with Gasteiger partial charge in [-0.1, -0.05) is 11.6 Å². The molecule has 0 aliphatic carbocycles. The topological polar surface area (TPSA) is 90.6 Å². The number of rotatable bonds is 2. The molecule has 0 aliphatic heterocycles. The molecule has 0 atom stereocenters. The summed E-state index contributed by atoms with van der Waals surface area (Å²) in [5, 5.41) is 3.03. The third-order valence-electron chi connectivity index (χ3n) is 2.79. The van der Waals surface area contributed by atoms with Crippen LogP contribution in [0.2, 0.25) is 5.02 Å². The molecule has 0 bridgehead atoms. The number of hydrogen-bond acceptors (Lipinski definition) is 3. The van der Waals surface area contributed by atoms with Crippen LogP contribution in [0.15, 0.2) is 41.5 Å². The van der Waals surface area contributed by atoms with E-state index in [4.69, 9.17) is 11.6 Å². The molecule has 3 rings (SSSR count). The first kappa shape index (κ1) is 12.4. The van der Waals surface area contributed by atoms with Gasteiger partial charge in [-0.2, -0.15) is 0 Å². The minimum Gasteiger partial charge on any atom is -0.322 e. The molecule has 0 aliphatic rings. The summed E-state index contributed by atoms with van der Waals surface area (Å²) in [6, 6.07) is 6.60. The van der Waals surface area contributed by atoms with Crippen molar-refractivity contribution in [1.82, 2.24) is 15.0 Å². The van der Waals surface area contributed by atoms with Gasteiger partial charge in [-0.05, 0) is 24.3 Å². The van der Waals surface area contributed by atoms with Crippen LogP contribution in [0.25, 0.3) is 11.0 Å². The molecule has 1 aromatic carbocycles. The lowest BCUT2D eigenvalue weighted by Crippen LogP contribution is -2.12. The van der Waals surface area contributed by atoms with Gasteiger partial charge < -0.3 is 15.3 Å². The Morgan fingerprint density at radius 3 is 2.80 bits per heavy atom. The van der Waals surface area contributed by atoms with Crippen molar-refractivity contribution in [3.63, 3.8) is 0 Å². The van der Waals surface area contributed by atoms with E-state index in [1.165, 1.54) is 12.4 Å². The van der Waals surface area contributed by atoms with Crippen LogP contribution < -0.4 is 11.0 Å². The third-order valence-corrected chi connectivity index (χ3v) is 3.12. The highest BCUT2D eigenvalue weighted by Gasteiger charge is 2.11. The van der Waals surface area contributed by atoms with Crippen LogP contribution in [-0.2, 0) is 0 Å². The summed E-state index contributed by atoms with van der Waals surface area (Å²) in [5.74, 6) is -0.361. The van der Waals surface area contributed by atoms with E-state index < -0.39 is 0 Å². The summed E-state index contributed by atoms with van der Waals surface area (Å²) in [5.41, 5.74) is 1.84. The molecule has 2 heterocycles. The van der Waals surface area contributed by atoms with Crippen molar-refractivity contribution in [1.29, 1.82) is 0 Å². The Kier molecular flexibility index (Phi) is 3.00. The average molecular weight is 289 g/mol. The van der Waals surface area contributed by atoms with E-state index in [2.05, 4.69) is 20.3 Å². The Morgan fingerprint density at radius 2 is 2.00 bits per heavy atom. The van der Waals surface area contributed by atoms with E-state index in [1.807, 2.05) is 0 Å². The number of nitrogens with zero attached hydrogens (tertiary/aromatic N) is 1. The average Bonchev–Trinajstić information content (AvgIpc) is 2.78. The van der Waals surface area contributed by atoms with Crippen molar-refractivity contribution in [3.05, 3.63) is 57.7 Å². The summed E-state index contributed by atoms with van der Waals surface area (Å²) in [4.78, 5) is 32.3. The normalized spacial score (nSPS) is 10.7. The van der Waals surface area contributed by atoms with Gasteiger partial charge in [0.05, 0.1) is 21.6 Å². The number of carbonyl (C=O) groups excluding carboxylic acids is 1. The summed E-state index contributed by atoms with van der Waals surface area (Å²) in [6.45, 7) is 0. The first-order valence-corrected chi connectivity index (χ1v) is 6.14. The van der Waals surface area contributed by atoms with Gasteiger partial charge in [-0.15, -0.1) is 0 Å². The van der Waals surface area contributed by atoms with Gasteiger partial charge in [0.1, 0.15) is 0 Å². The predicted octanol–water partition coefficient (Wildman–Crippen LogP) is 2.16. The van der Waals surface area contributed by atoms with Crippen molar-refractivity contribution in [2.45, 2.75) is 0 Å². The van der Waals surface area contributed by atoms with Gasteiger partial charge in [-0.3, -0.25) is 9.78 Å². The molecule has 0 unspecified atom stereocenters. The van der Waals surface area contributed by atoms with Crippen LogP contribution >= 0.6 is 11.6 Å². The maximum atomic E-state index is 12.1. The Bertz CT molecular complexity index is 853. The van der Waals surface area contributed by atoms with E-state index in [-0.39, 0.29) is 17.2 Å². The summed E-state index contributed by atoms with van der Waals surface area (Å²) in [7, 11) is 0. The number of H-pyrrole nitrogens is 2. The molecule has 3 N–H and O–H groups in total. The van der Waals surface area contributed by atoms with E-state index >= 15 is 0 Å². The Balaban J connectivity index is 1.91. The highest BCUT2D eigenvalue weighted by Crippen LogP contribution is 2.18. The number of nitrogens with one attached hydrogen (secondary N) is 3. The zero-order valence-electron chi connectivity index (χ0n) is 10.1. The number of aromatic amines is 2. The van der Waals surface area contributed by atoms with Gasteiger partial charge >= 0.3 is 5.69 Å². The van der Waals surface area contributed by atoms with Gasteiger partial charge in [-0.25, -0.2) is 4.79 Å². The fraction of sp³-hybridized carbons (Fsp3) is 0. The molecule has 0 spiro atoms. The van der Waals surface area contributed by atoms with Crippen LogP contribution in [0.1, 0.15) is 10.4 Å². The maximum absolute atomic E-state index is 12.1. The molecule has 7 heteroatoms. The van der Waals surface area contributed by atoms with E-state index in [0.717, 1.165) is 0 Å². The van der Waals surface area contributed by atoms with E-state index in [1.54, 1.807) is 24.3 Å². The number of fused-ring (bicyclic) bond motifs is 1. The number of carbonyl (C=O) groups is 1. The van der Waals surface area contributed by atoms with Crippen molar-refractivity contribution in [3.8, 4) is 0 Å². The first-order chi connectivity index (χ1) is 9.63. The van der Waals surface area contributed by atoms with Crippen LogP contribution in [0, 0.1) is 0 Å². The molecule has 0 saturated heterocycles. The molecular formula is C13H9ClN4O2. The van der Waals surface area contributed by atoms with Gasteiger partial charge in [0.2, 0.25) is 0 Å². The number of pyridine rings is 1. The van der Waals surface area contributed by atoms with Gasteiger partial charge in [0, 0.05) is 18.1 Å². The summed E-state index contributed by atoms with van der Waals surface area (Å²) in [6.07, 6.45) is 2.91. The highest BCUT2D eigenvalue weighted by molar-refractivity contribution is 6.34. The van der Waals surface area contributed by atoms with Crippen molar-refractivity contribution in [2.75, 3.05) is 5.32 Å². The monoisotopic (exact) mass is 288 g/mol. The highest BCUT2D eigenvalue weighted by atomic mass is 35.5. The second-order valence-electron chi connectivity index (χ2n) is 4.15. The van der Waals surface area contributed by atoms with E-state index in [0.29, 0.717) is 21.7 Å². The minimum atomic E-state index is -0.361. The van der Waals surface area contributed by atoms with Crippen molar-refractivity contribution >= 4 is 34.2 Å². The fourth-order valence-corrected chi connectivity index (χ4v) is 2.04. The molecule has 100 valence electrons. The SMILES string of the molecule is O=C(Nc1ccc2[nH]c(=O)[nH]c2c1)c1cnccc1Cl. The lowest BCUT2D eigenvalue weighted by molar-refractivity contribution is 0.102. The smallest absolute Gasteiger partial charge is 0.322 e. The second kappa shape index (κ2) is 4.82. The lowest BCUT2D eigenvalue weighted by Gasteiger charge is -2.06. The van der Waals surface area contributed by atoms with Crippen molar-refractivity contribution < 1.29 is 4.79 Å². The van der Waals surface area contributed by atoms with Crippen molar-refractivity contribution in [2.24, 2.45) is 0 Å². The van der Waals surface area contributed by atoms with E-state index in [9.17, 15) is 9.59 Å². The Morgan fingerprint density at radius 1 is 1.20 bits per heavy atom. The summed E-state index contributed by atoms with van der Waals surface area (Å²) >= 11 is 5.93. The molecule has 3 aromatic rings. The number of anilines is 1. The fourth-order valence-electron chi connectivity index (χ4n) is 1.85. The number of imidazole rings is 1. The lowest BCUT2D eigenvalue weighted by atomic mass is 10.2. The number of aromatic nitrogens is 3. The molecular weight excluding hydrogens is 280 g/mol. The zero-order valence-corrected chi connectivity index (χ0v) is 10.9. The second-order valence-corrected chi connectivity index (χ2v) is 4.56. The maximum Gasteiger partial charge on any atom is 0.323 e. The molecule has 1 amide bonds. The van der Waals surface area contributed by atoms with Crippen LogP contribution in [0.5, 0.6) is 0 Å². The minimum absolute atomic E-state index is 0.289. The molecule has 0 saturated carbocycles. The van der Waals surface area contributed by atoms with Crippen LogP contribution in [-0.4, -0.2) is 20.9 Å². The Labute approximate surface area is 117 Å². The zero-order chi connectivity index (χ0) is 14.1. The number of hydrogen-bond donors (Lipinski definition) is 3. The van der Waals surface area contributed by atoms with Crippen LogP contribution in [0.3, 0.4) is 0 Å². The van der Waals surface area contributed by atoms with Gasteiger partial charge in [0.25, 0.3) is 5.91 Å². The molecule has 20 heavy (non-hydrogen) atoms.